The van der Waals surface area contributed by atoms with Gasteiger partial charge < -0.3 is 15.1 Å². The molecule has 2 fully saturated rings. The molecule has 0 saturated carbocycles. The van der Waals surface area contributed by atoms with Gasteiger partial charge in [0, 0.05) is 44.7 Å². The molecular formula is C25H26F3N3O3. The molecular weight excluding hydrogens is 447 g/mol. The molecule has 1 N–H and O–H groups in total. The van der Waals surface area contributed by atoms with Crippen molar-refractivity contribution in [2.24, 2.45) is 5.92 Å². The Hall–Kier alpha value is -3.36. The molecule has 2 heterocycles. The van der Waals surface area contributed by atoms with E-state index < -0.39 is 17.7 Å². The molecule has 2 aromatic rings. The number of hydrogen-bond acceptors (Lipinski definition) is 3. The van der Waals surface area contributed by atoms with Crippen LogP contribution in [0.4, 0.5) is 13.2 Å². The molecule has 0 radical (unpaired) electrons. The maximum atomic E-state index is 12.9. The molecule has 1 atom stereocenters. The number of alkyl halides is 3. The van der Waals surface area contributed by atoms with Crippen molar-refractivity contribution < 1.29 is 27.6 Å². The lowest BCUT2D eigenvalue weighted by atomic mass is 10.1. The number of hydrogen-bond donors (Lipinski definition) is 1. The molecule has 4 rings (SSSR count). The predicted molar refractivity (Wildman–Crippen MR) is 118 cm³/mol. The number of halogens is 3. The summed E-state index contributed by atoms with van der Waals surface area (Å²) in [5.41, 5.74) is 0.959. The molecule has 2 aliphatic rings. The van der Waals surface area contributed by atoms with Crippen molar-refractivity contribution in [1.29, 1.82) is 0 Å². The van der Waals surface area contributed by atoms with Gasteiger partial charge in [0.05, 0.1) is 11.5 Å². The minimum Gasteiger partial charge on any atom is -0.352 e. The van der Waals surface area contributed by atoms with E-state index in [1.807, 2.05) is 11.0 Å². The smallest absolute Gasteiger partial charge is 0.352 e. The zero-order chi connectivity index (χ0) is 24.3. The van der Waals surface area contributed by atoms with E-state index in [1.54, 1.807) is 18.2 Å². The summed E-state index contributed by atoms with van der Waals surface area (Å²) in [6, 6.07) is 12.0. The van der Waals surface area contributed by atoms with Crippen LogP contribution in [0, 0.1) is 5.92 Å². The van der Waals surface area contributed by atoms with Crippen molar-refractivity contribution in [3.8, 4) is 0 Å². The molecule has 2 aliphatic heterocycles. The molecule has 0 spiro atoms. The van der Waals surface area contributed by atoms with E-state index in [1.165, 1.54) is 17.0 Å². The standard InChI is InChI=1S/C25H26F3N3O3/c26-25(27,28)21-8-4-6-18(12-21)15-31-16-20(13-22(31)32)23(33)29-14-17-5-3-7-19(11-17)24(34)30-9-1-2-10-30/h3-8,11-12,20H,1-2,9-10,13-16H2,(H,29,33). The molecule has 0 bridgehead atoms. The topological polar surface area (TPSA) is 69.7 Å². The third kappa shape index (κ3) is 5.58. The summed E-state index contributed by atoms with van der Waals surface area (Å²) in [4.78, 5) is 40.8. The van der Waals surface area contributed by atoms with Crippen LogP contribution in [-0.2, 0) is 28.9 Å². The average Bonchev–Trinajstić information content (AvgIpc) is 3.47. The first-order valence-electron chi connectivity index (χ1n) is 11.3. The third-order valence-corrected chi connectivity index (χ3v) is 6.25. The zero-order valence-electron chi connectivity index (χ0n) is 18.6. The Labute approximate surface area is 195 Å². The summed E-state index contributed by atoms with van der Waals surface area (Å²) >= 11 is 0. The lowest BCUT2D eigenvalue weighted by molar-refractivity contribution is -0.137. The molecule has 6 nitrogen and oxygen atoms in total. The minimum absolute atomic E-state index is 0.0122. The van der Waals surface area contributed by atoms with Gasteiger partial charge in [0.1, 0.15) is 0 Å². The first-order chi connectivity index (χ1) is 16.2. The van der Waals surface area contributed by atoms with Gasteiger partial charge in [0.15, 0.2) is 0 Å². The molecule has 3 amide bonds. The Morgan fingerprint density at radius 1 is 1.00 bits per heavy atom. The number of amides is 3. The summed E-state index contributed by atoms with van der Waals surface area (Å²) < 4.78 is 38.8. The van der Waals surface area contributed by atoms with Crippen LogP contribution in [0.2, 0.25) is 0 Å². The number of carbonyl (C=O) groups is 3. The Morgan fingerprint density at radius 2 is 1.71 bits per heavy atom. The summed E-state index contributed by atoms with van der Waals surface area (Å²) in [5.74, 6) is -1.16. The van der Waals surface area contributed by atoms with E-state index in [9.17, 15) is 27.6 Å². The predicted octanol–water partition coefficient (Wildman–Crippen LogP) is 3.61. The van der Waals surface area contributed by atoms with Gasteiger partial charge in [-0.15, -0.1) is 0 Å². The molecule has 180 valence electrons. The van der Waals surface area contributed by atoms with Gasteiger partial charge in [-0.3, -0.25) is 14.4 Å². The summed E-state index contributed by atoms with van der Waals surface area (Å²) in [5, 5.41) is 2.82. The normalized spacial score (nSPS) is 18.4. The highest BCUT2D eigenvalue weighted by Crippen LogP contribution is 2.30. The maximum absolute atomic E-state index is 12.9. The first kappa shape index (κ1) is 23.8. The fraction of sp³-hybridized carbons (Fsp3) is 0.400. The largest absolute Gasteiger partial charge is 0.416 e. The lowest BCUT2D eigenvalue weighted by Crippen LogP contribution is -2.32. The van der Waals surface area contributed by atoms with Gasteiger partial charge in [-0.1, -0.05) is 24.3 Å². The van der Waals surface area contributed by atoms with Crippen LogP contribution in [0.15, 0.2) is 48.5 Å². The van der Waals surface area contributed by atoms with Crippen LogP contribution in [0.5, 0.6) is 0 Å². The summed E-state index contributed by atoms with van der Waals surface area (Å²) in [7, 11) is 0. The average molecular weight is 473 g/mol. The second-order valence-electron chi connectivity index (χ2n) is 8.79. The SMILES string of the molecule is O=C(NCc1cccc(C(=O)N2CCCC2)c1)C1CC(=O)N(Cc2cccc(C(F)(F)F)c2)C1. The van der Waals surface area contributed by atoms with E-state index in [-0.39, 0.29) is 43.8 Å². The third-order valence-electron chi connectivity index (χ3n) is 6.25. The van der Waals surface area contributed by atoms with Gasteiger partial charge >= 0.3 is 6.18 Å². The molecule has 2 aromatic carbocycles. The summed E-state index contributed by atoms with van der Waals surface area (Å²) in [6.07, 6.45) is -2.43. The zero-order valence-corrected chi connectivity index (χ0v) is 18.6. The van der Waals surface area contributed by atoms with E-state index in [0.717, 1.165) is 43.6 Å². The number of nitrogens with one attached hydrogen (secondary N) is 1. The number of carbonyl (C=O) groups excluding carboxylic acids is 3. The van der Waals surface area contributed by atoms with E-state index in [2.05, 4.69) is 5.32 Å². The second-order valence-corrected chi connectivity index (χ2v) is 8.79. The van der Waals surface area contributed by atoms with Crippen molar-refractivity contribution >= 4 is 17.7 Å². The molecule has 2 saturated heterocycles. The van der Waals surface area contributed by atoms with Crippen LogP contribution >= 0.6 is 0 Å². The van der Waals surface area contributed by atoms with Crippen molar-refractivity contribution in [3.63, 3.8) is 0 Å². The molecule has 34 heavy (non-hydrogen) atoms. The summed E-state index contributed by atoms with van der Waals surface area (Å²) in [6.45, 7) is 1.90. The number of benzene rings is 2. The van der Waals surface area contributed by atoms with Crippen molar-refractivity contribution in [2.45, 2.75) is 38.5 Å². The van der Waals surface area contributed by atoms with Crippen LogP contribution in [0.25, 0.3) is 0 Å². The number of rotatable bonds is 6. The van der Waals surface area contributed by atoms with Crippen molar-refractivity contribution in [2.75, 3.05) is 19.6 Å². The Morgan fingerprint density at radius 3 is 2.44 bits per heavy atom. The molecule has 1 unspecified atom stereocenters. The fourth-order valence-corrected chi connectivity index (χ4v) is 4.42. The molecule has 0 aromatic heterocycles. The van der Waals surface area contributed by atoms with Crippen LogP contribution in [-0.4, -0.2) is 47.2 Å². The Bertz CT molecular complexity index is 1080. The Kier molecular flexibility index (Phi) is 6.90. The highest BCUT2D eigenvalue weighted by atomic mass is 19.4. The van der Waals surface area contributed by atoms with Gasteiger partial charge in [0.25, 0.3) is 5.91 Å². The number of nitrogens with zero attached hydrogens (tertiary/aromatic N) is 2. The first-order valence-corrected chi connectivity index (χ1v) is 11.3. The maximum Gasteiger partial charge on any atom is 0.416 e. The van der Waals surface area contributed by atoms with Crippen LogP contribution < -0.4 is 5.32 Å². The van der Waals surface area contributed by atoms with Crippen LogP contribution in [0.3, 0.4) is 0 Å². The second kappa shape index (κ2) is 9.87. The van der Waals surface area contributed by atoms with Gasteiger partial charge in [-0.05, 0) is 48.2 Å². The van der Waals surface area contributed by atoms with Crippen LogP contribution in [0.1, 0.15) is 46.3 Å². The highest BCUT2D eigenvalue weighted by molar-refractivity contribution is 5.94. The fourth-order valence-electron chi connectivity index (χ4n) is 4.42. The minimum atomic E-state index is -4.45. The van der Waals surface area contributed by atoms with E-state index in [0.29, 0.717) is 11.1 Å². The van der Waals surface area contributed by atoms with Gasteiger partial charge in [0.2, 0.25) is 11.8 Å². The monoisotopic (exact) mass is 473 g/mol. The van der Waals surface area contributed by atoms with Gasteiger partial charge in [-0.2, -0.15) is 13.2 Å². The van der Waals surface area contributed by atoms with Gasteiger partial charge in [-0.25, -0.2) is 0 Å². The highest BCUT2D eigenvalue weighted by Gasteiger charge is 2.35. The number of likely N-dealkylation sites (tertiary alicyclic amines) is 2. The van der Waals surface area contributed by atoms with E-state index >= 15 is 0 Å². The molecule has 0 aliphatic carbocycles. The lowest BCUT2D eigenvalue weighted by Gasteiger charge is -2.18. The van der Waals surface area contributed by atoms with E-state index in [4.69, 9.17) is 0 Å². The van der Waals surface area contributed by atoms with Crippen molar-refractivity contribution in [1.82, 2.24) is 15.1 Å². The molecule has 9 heteroatoms. The quantitative estimate of drug-likeness (QED) is 0.697. The Balaban J connectivity index is 1.32. The van der Waals surface area contributed by atoms with Crippen molar-refractivity contribution in [3.05, 3.63) is 70.8 Å².